The number of amides is 1. The molecular formula is C28H33Cl2N7O2. The summed E-state index contributed by atoms with van der Waals surface area (Å²) in [4.78, 5) is 29.9. The Labute approximate surface area is 238 Å². The zero-order valence-electron chi connectivity index (χ0n) is 22.0. The van der Waals surface area contributed by atoms with Crippen LogP contribution >= 0.6 is 23.2 Å². The summed E-state index contributed by atoms with van der Waals surface area (Å²) in [6.45, 7) is 8.56. The minimum atomic E-state index is 0.0215. The molecule has 1 aromatic carbocycles. The smallest absolute Gasteiger partial charge is 0.322 e. The molecule has 39 heavy (non-hydrogen) atoms. The van der Waals surface area contributed by atoms with Gasteiger partial charge < -0.3 is 20.3 Å². The molecule has 0 radical (unpaired) electrons. The van der Waals surface area contributed by atoms with Gasteiger partial charge in [-0.25, -0.2) is 4.98 Å². The molecule has 206 valence electrons. The molecule has 0 unspecified atom stereocenters. The van der Waals surface area contributed by atoms with Crippen molar-refractivity contribution in [3.8, 4) is 23.0 Å². The third-order valence-electron chi connectivity index (χ3n) is 7.02. The fourth-order valence-corrected chi connectivity index (χ4v) is 5.46. The van der Waals surface area contributed by atoms with Gasteiger partial charge in [0.2, 0.25) is 5.91 Å². The molecule has 5 rings (SSSR count). The third-order valence-corrected chi connectivity index (χ3v) is 7.46. The number of carbonyl (C=O) groups is 1. The predicted molar refractivity (Wildman–Crippen MR) is 154 cm³/mol. The summed E-state index contributed by atoms with van der Waals surface area (Å²) in [5, 5.41) is 7.37. The first-order valence-corrected chi connectivity index (χ1v) is 14.1. The van der Waals surface area contributed by atoms with Gasteiger partial charge in [0.25, 0.3) is 0 Å². The molecule has 1 amide bonds. The van der Waals surface area contributed by atoms with Crippen LogP contribution in [0.15, 0.2) is 42.6 Å². The van der Waals surface area contributed by atoms with Crippen molar-refractivity contribution >= 4 is 34.9 Å². The van der Waals surface area contributed by atoms with Crippen LogP contribution < -0.4 is 20.3 Å². The van der Waals surface area contributed by atoms with Gasteiger partial charge in [-0.3, -0.25) is 9.69 Å². The van der Waals surface area contributed by atoms with Crippen LogP contribution in [0, 0.1) is 5.92 Å². The van der Waals surface area contributed by atoms with Crippen LogP contribution in [0.2, 0.25) is 10.0 Å². The van der Waals surface area contributed by atoms with Gasteiger partial charge in [0.1, 0.15) is 11.6 Å². The molecule has 0 saturated carbocycles. The SMILES string of the molecule is CC(=O)NCC1CCN(Cc2cc(-c3cc(Cl)cc(Cl)c3)nc(Oc3ccc(N4CCNCC4)nc3)n2)CC1. The maximum atomic E-state index is 11.3. The van der Waals surface area contributed by atoms with E-state index in [1.807, 2.05) is 30.3 Å². The monoisotopic (exact) mass is 569 g/mol. The fourth-order valence-electron chi connectivity index (χ4n) is 4.93. The Morgan fingerprint density at radius 2 is 1.79 bits per heavy atom. The number of carbonyl (C=O) groups excluding carboxylic acids is 1. The van der Waals surface area contributed by atoms with Gasteiger partial charge in [-0.2, -0.15) is 9.97 Å². The van der Waals surface area contributed by atoms with E-state index in [2.05, 4.69) is 30.4 Å². The number of halogens is 2. The minimum absolute atomic E-state index is 0.0215. The van der Waals surface area contributed by atoms with Crippen molar-refractivity contribution in [2.24, 2.45) is 5.92 Å². The van der Waals surface area contributed by atoms with Crippen LogP contribution in [0.3, 0.4) is 0 Å². The maximum absolute atomic E-state index is 11.3. The Balaban J connectivity index is 1.33. The standard InChI is InChI=1S/C28H33Cl2N7O2/c1-19(38)32-16-20-4-8-36(9-5-20)18-24-15-26(21-12-22(29)14-23(30)13-21)35-28(34-24)39-25-2-3-27(33-17-25)37-10-6-31-7-11-37/h2-3,12-15,17,20,31H,4-11,16,18H2,1H3,(H,32,38). The molecule has 3 aromatic rings. The number of ether oxygens (including phenoxy) is 1. The lowest BCUT2D eigenvalue weighted by Gasteiger charge is -2.31. The Hall–Kier alpha value is -2.98. The maximum Gasteiger partial charge on any atom is 0.322 e. The highest BCUT2D eigenvalue weighted by molar-refractivity contribution is 6.35. The van der Waals surface area contributed by atoms with Crippen LogP contribution in [0.1, 0.15) is 25.5 Å². The zero-order valence-corrected chi connectivity index (χ0v) is 23.5. The van der Waals surface area contributed by atoms with E-state index in [1.54, 1.807) is 19.2 Å². The highest BCUT2D eigenvalue weighted by Crippen LogP contribution is 2.29. The first-order valence-electron chi connectivity index (χ1n) is 13.3. The molecular weight excluding hydrogens is 537 g/mol. The number of nitrogens with one attached hydrogen (secondary N) is 2. The number of aromatic nitrogens is 3. The van der Waals surface area contributed by atoms with E-state index in [0.29, 0.717) is 34.0 Å². The Morgan fingerprint density at radius 1 is 1.05 bits per heavy atom. The van der Waals surface area contributed by atoms with E-state index < -0.39 is 0 Å². The molecule has 2 aliphatic heterocycles. The number of hydrogen-bond donors (Lipinski definition) is 2. The second-order valence-electron chi connectivity index (χ2n) is 10.0. The quantitative estimate of drug-likeness (QED) is 0.412. The van der Waals surface area contributed by atoms with Crippen molar-refractivity contribution in [3.05, 3.63) is 58.3 Å². The lowest BCUT2D eigenvalue weighted by molar-refractivity contribution is -0.119. The number of nitrogens with zero attached hydrogens (tertiary/aromatic N) is 5. The van der Waals surface area contributed by atoms with Crippen molar-refractivity contribution < 1.29 is 9.53 Å². The molecule has 0 spiro atoms. The fraction of sp³-hybridized carbons (Fsp3) is 0.429. The molecule has 2 aromatic heterocycles. The van der Waals surface area contributed by atoms with Gasteiger partial charge in [-0.05, 0) is 68.2 Å². The van der Waals surface area contributed by atoms with E-state index in [9.17, 15) is 4.79 Å². The topological polar surface area (TPSA) is 95.5 Å². The average molecular weight is 571 g/mol. The Morgan fingerprint density at radius 3 is 2.46 bits per heavy atom. The lowest BCUT2D eigenvalue weighted by Crippen LogP contribution is -2.43. The zero-order chi connectivity index (χ0) is 27.2. The lowest BCUT2D eigenvalue weighted by atomic mass is 9.96. The van der Waals surface area contributed by atoms with Crippen molar-refractivity contribution in [1.82, 2.24) is 30.5 Å². The Bertz CT molecular complexity index is 1260. The first-order chi connectivity index (χ1) is 18.9. The van der Waals surface area contributed by atoms with Crippen molar-refractivity contribution in [2.45, 2.75) is 26.3 Å². The number of piperazine rings is 1. The number of rotatable bonds is 8. The molecule has 0 atom stereocenters. The summed E-state index contributed by atoms with van der Waals surface area (Å²) < 4.78 is 6.10. The highest BCUT2D eigenvalue weighted by atomic mass is 35.5. The van der Waals surface area contributed by atoms with Crippen LogP contribution in [-0.2, 0) is 11.3 Å². The third kappa shape index (κ3) is 7.79. The summed E-state index contributed by atoms with van der Waals surface area (Å²) in [5.41, 5.74) is 2.32. The highest BCUT2D eigenvalue weighted by Gasteiger charge is 2.21. The summed E-state index contributed by atoms with van der Waals surface area (Å²) in [7, 11) is 0. The summed E-state index contributed by atoms with van der Waals surface area (Å²) in [6, 6.07) is 11.4. The van der Waals surface area contributed by atoms with E-state index >= 15 is 0 Å². The second kappa shape index (κ2) is 12.9. The van der Waals surface area contributed by atoms with Gasteiger partial charge in [-0.1, -0.05) is 23.2 Å². The van der Waals surface area contributed by atoms with Crippen molar-refractivity contribution in [1.29, 1.82) is 0 Å². The second-order valence-corrected chi connectivity index (χ2v) is 10.9. The summed E-state index contributed by atoms with van der Waals surface area (Å²) in [6.07, 6.45) is 3.76. The van der Waals surface area contributed by atoms with Crippen LogP contribution in [0.5, 0.6) is 11.8 Å². The molecule has 0 bridgehead atoms. The van der Waals surface area contributed by atoms with E-state index in [0.717, 1.165) is 75.7 Å². The molecule has 4 heterocycles. The van der Waals surface area contributed by atoms with E-state index in [4.69, 9.17) is 32.9 Å². The number of piperidine rings is 1. The normalized spacial score (nSPS) is 16.7. The molecule has 2 saturated heterocycles. The molecule has 2 N–H and O–H groups in total. The predicted octanol–water partition coefficient (Wildman–Crippen LogP) is 4.40. The van der Waals surface area contributed by atoms with E-state index in [-0.39, 0.29) is 11.9 Å². The minimum Gasteiger partial charge on any atom is -0.423 e. The molecule has 0 aliphatic carbocycles. The molecule has 9 nitrogen and oxygen atoms in total. The number of likely N-dealkylation sites (tertiary alicyclic amines) is 1. The molecule has 2 fully saturated rings. The van der Waals surface area contributed by atoms with Crippen LogP contribution in [0.25, 0.3) is 11.3 Å². The van der Waals surface area contributed by atoms with Gasteiger partial charge in [0, 0.05) is 61.8 Å². The van der Waals surface area contributed by atoms with E-state index in [1.165, 1.54) is 0 Å². The van der Waals surface area contributed by atoms with Crippen molar-refractivity contribution in [2.75, 3.05) is 50.7 Å². The van der Waals surface area contributed by atoms with Gasteiger partial charge in [0.05, 0.1) is 17.6 Å². The van der Waals surface area contributed by atoms with Crippen molar-refractivity contribution in [3.63, 3.8) is 0 Å². The van der Waals surface area contributed by atoms with Crippen LogP contribution in [-0.4, -0.2) is 71.6 Å². The first kappa shape index (κ1) is 27.6. The molecule has 11 heteroatoms. The number of benzene rings is 1. The number of pyridine rings is 1. The molecule has 2 aliphatic rings. The summed E-state index contributed by atoms with van der Waals surface area (Å²) >= 11 is 12.6. The number of hydrogen-bond acceptors (Lipinski definition) is 8. The van der Waals surface area contributed by atoms with Gasteiger partial charge >= 0.3 is 6.01 Å². The van der Waals surface area contributed by atoms with Gasteiger partial charge in [-0.15, -0.1) is 0 Å². The largest absolute Gasteiger partial charge is 0.423 e. The van der Waals surface area contributed by atoms with Crippen LogP contribution in [0.4, 0.5) is 5.82 Å². The Kier molecular flexibility index (Phi) is 9.13. The van der Waals surface area contributed by atoms with Gasteiger partial charge in [0.15, 0.2) is 0 Å². The number of anilines is 1. The average Bonchev–Trinajstić information content (AvgIpc) is 2.93. The summed E-state index contributed by atoms with van der Waals surface area (Å²) in [5.74, 6) is 2.01.